The summed E-state index contributed by atoms with van der Waals surface area (Å²) in [5.74, 6) is 0.480. The van der Waals surface area contributed by atoms with Gasteiger partial charge in [0.05, 0.1) is 6.04 Å². The van der Waals surface area contributed by atoms with Crippen LogP contribution in [0.4, 0.5) is 0 Å². The molecule has 0 saturated heterocycles. The summed E-state index contributed by atoms with van der Waals surface area (Å²) in [5, 5.41) is 6.10. The van der Waals surface area contributed by atoms with E-state index in [0.29, 0.717) is 5.92 Å². The van der Waals surface area contributed by atoms with E-state index in [9.17, 15) is 4.79 Å². The molecular formula is C12H26N2O. The first-order valence-electron chi connectivity index (χ1n) is 5.81. The first kappa shape index (κ1) is 14.4. The van der Waals surface area contributed by atoms with Crippen LogP contribution in [0.5, 0.6) is 0 Å². The van der Waals surface area contributed by atoms with E-state index in [-0.39, 0.29) is 17.5 Å². The van der Waals surface area contributed by atoms with Gasteiger partial charge in [-0.3, -0.25) is 4.79 Å². The van der Waals surface area contributed by atoms with Crippen LogP contribution in [0.1, 0.15) is 47.5 Å². The van der Waals surface area contributed by atoms with Gasteiger partial charge in [-0.05, 0) is 40.2 Å². The second-order valence-corrected chi connectivity index (χ2v) is 5.27. The quantitative estimate of drug-likeness (QED) is 0.734. The van der Waals surface area contributed by atoms with E-state index in [1.807, 2.05) is 27.8 Å². The molecule has 0 saturated carbocycles. The summed E-state index contributed by atoms with van der Waals surface area (Å²) in [7, 11) is 1.85. The number of hydrogen-bond donors (Lipinski definition) is 2. The second-order valence-electron chi connectivity index (χ2n) is 5.27. The van der Waals surface area contributed by atoms with Gasteiger partial charge in [0, 0.05) is 5.54 Å². The Bertz CT molecular complexity index is 196. The second kappa shape index (κ2) is 6.11. The Balaban J connectivity index is 4.34. The topological polar surface area (TPSA) is 41.1 Å². The molecule has 2 N–H and O–H groups in total. The van der Waals surface area contributed by atoms with Gasteiger partial charge in [-0.2, -0.15) is 0 Å². The van der Waals surface area contributed by atoms with Gasteiger partial charge in [0.2, 0.25) is 5.91 Å². The molecule has 0 rings (SSSR count). The zero-order valence-electron chi connectivity index (χ0n) is 11.0. The van der Waals surface area contributed by atoms with E-state index in [1.54, 1.807) is 0 Å². The molecule has 0 aromatic carbocycles. The number of carbonyl (C=O) groups excluding carboxylic acids is 1. The van der Waals surface area contributed by atoms with Crippen LogP contribution >= 0.6 is 0 Å². The first-order valence-corrected chi connectivity index (χ1v) is 5.81. The fourth-order valence-corrected chi connectivity index (χ4v) is 1.74. The lowest BCUT2D eigenvalue weighted by Crippen LogP contribution is -2.52. The summed E-state index contributed by atoms with van der Waals surface area (Å²) >= 11 is 0. The third-order valence-corrected chi connectivity index (χ3v) is 2.40. The lowest BCUT2D eigenvalue weighted by Gasteiger charge is -2.27. The van der Waals surface area contributed by atoms with Crippen molar-refractivity contribution < 1.29 is 4.79 Å². The monoisotopic (exact) mass is 214 g/mol. The number of likely N-dealkylation sites (N-methyl/N-ethyl adjacent to an activating group) is 1. The highest BCUT2D eigenvalue weighted by Gasteiger charge is 2.25. The van der Waals surface area contributed by atoms with Crippen LogP contribution in [0.15, 0.2) is 0 Å². The summed E-state index contributed by atoms with van der Waals surface area (Å²) in [4.78, 5) is 11.9. The average Bonchev–Trinajstić information content (AvgIpc) is 2.02. The van der Waals surface area contributed by atoms with Crippen LogP contribution in [-0.2, 0) is 4.79 Å². The van der Waals surface area contributed by atoms with E-state index >= 15 is 0 Å². The minimum atomic E-state index is -0.155. The van der Waals surface area contributed by atoms with Crippen LogP contribution in [0.25, 0.3) is 0 Å². The van der Waals surface area contributed by atoms with E-state index in [0.717, 1.165) is 12.8 Å². The Labute approximate surface area is 94.0 Å². The summed E-state index contributed by atoms with van der Waals surface area (Å²) in [6.07, 6.45) is 2.19. The Hall–Kier alpha value is -0.570. The Morgan fingerprint density at radius 2 is 1.87 bits per heavy atom. The molecule has 1 amide bonds. The van der Waals surface area contributed by atoms with Crippen molar-refractivity contribution in [1.29, 1.82) is 0 Å². The van der Waals surface area contributed by atoms with Crippen LogP contribution < -0.4 is 10.6 Å². The summed E-state index contributed by atoms with van der Waals surface area (Å²) in [6, 6.07) is -0.0795. The highest BCUT2D eigenvalue weighted by molar-refractivity contribution is 5.82. The van der Waals surface area contributed by atoms with Crippen LogP contribution in [0, 0.1) is 5.92 Å². The number of amides is 1. The molecule has 3 nitrogen and oxygen atoms in total. The SMILES string of the molecule is CCCC(C)C(NC)C(=O)NC(C)(C)C. The Morgan fingerprint density at radius 3 is 2.20 bits per heavy atom. The van der Waals surface area contributed by atoms with Crippen molar-refractivity contribution in [3.05, 3.63) is 0 Å². The van der Waals surface area contributed by atoms with Crippen LogP contribution in [0.3, 0.4) is 0 Å². The van der Waals surface area contributed by atoms with E-state index in [2.05, 4.69) is 24.5 Å². The number of carbonyl (C=O) groups is 1. The normalized spacial score (nSPS) is 15.9. The maximum Gasteiger partial charge on any atom is 0.237 e. The number of nitrogens with one attached hydrogen (secondary N) is 2. The van der Waals surface area contributed by atoms with E-state index < -0.39 is 0 Å². The molecule has 0 aliphatic carbocycles. The van der Waals surface area contributed by atoms with Crippen LogP contribution in [0.2, 0.25) is 0 Å². The van der Waals surface area contributed by atoms with Gasteiger partial charge in [-0.1, -0.05) is 20.3 Å². The fraction of sp³-hybridized carbons (Fsp3) is 0.917. The summed E-state index contributed by atoms with van der Waals surface area (Å²) in [5.41, 5.74) is -0.155. The average molecular weight is 214 g/mol. The third-order valence-electron chi connectivity index (χ3n) is 2.40. The minimum absolute atomic E-state index is 0.0795. The Morgan fingerprint density at radius 1 is 1.33 bits per heavy atom. The van der Waals surface area contributed by atoms with Gasteiger partial charge in [-0.25, -0.2) is 0 Å². The lowest BCUT2D eigenvalue weighted by atomic mass is 9.95. The Kier molecular flexibility index (Phi) is 5.88. The van der Waals surface area contributed by atoms with Gasteiger partial charge >= 0.3 is 0 Å². The predicted octanol–water partition coefficient (Wildman–Crippen LogP) is 1.93. The molecule has 0 aliphatic rings. The third kappa shape index (κ3) is 5.78. The molecule has 2 atom stereocenters. The fourth-order valence-electron chi connectivity index (χ4n) is 1.74. The molecule has 0 fully saturated rings. The van der Waals surface area contributed by atoms with Crippen molar-refractivity contribution in [2.75, 3.05) is 7.05 Å². The van der Waals surface area contributed by atoms with Crippen molar-refractivity contribution >= 4 is 5.91 Å². The smallest absolute Gasteiger partial charge is 0.237 e. The molecule has 0 spiro atoms. The van der Waals surface area contributed by atoms with Crippen LogP contribution in [-0.4, -0.2) is 24.5 Å². The molecule has 0 radical (unpaired) electrons. The van der Waals surface area contributed by atoms with E-state index in [4.69, 9.17) is 0 Å². The largest absolute Gasteiger partial charge is 0.350 e. The standard InChI is InChI=1S/C12H26N2O/c1-7-8-9(2)10(13-6)11(15)14-12(3,4)5/h9-10,13H,7-8H2,1-6H3,(H,14,15). The summed E-state index contributed by atoms with van der Waals surface area (Å²) in [6.45, 7) is 10.3. The molecule has 0 aliphatic heterocycles. The van der Waals surface area contributed by atoms with Gasteiger partial charge in [0.15, 0.2) is 0 Å². The highest BCUT2D eigenvalue weighted by atomic mass is 16.2. The molecule has 3 heteroatoms. The maximum absolute atomic E-state index is 11.9. The van der Waals surface area contributed by atoms with Crippen molar-refractivity contribution in [2.24, 2.45) is 5.92 Å². The van der Waals surface area contributed by atoms with Crippen molar-refractivity contribution in [3.8, 4) is 0 Å². The summed E-state index contributed by atoms with van der Waals surface area (Å²) < 4.78 is 0. The molecule has 90 valence electrons. The molecule has 15 heavy (non-hydrogen) atoms. The van der Waals surface area contributed by atoms with Crippen molar-refractivity contribution in [2.45, 2.75) is 59.0 Å². The highest BCUT2D eigenvalue weighted by Crippen LogP contribution is 2.11. The van der Waals surface area contributed by atoms with Crippen molar-refractivity contribution in [1.82, 2.24) is 10.6 Å². The molecule has 0 bridgehead atoms. The zero-order valence-corrected chi connectivity index (χ0v) is 11.0. The lowest BCUT2D eigenvalue weighted by molar-refractivity contribution is -0.125. The number of hydrogen-bond acceptors (Lipinski definition) is 2. The first-order chi connectivity index (χ1) is 6.81. The molecule has 0 heterocycles. The maximum atomic E-state index is 11.9. The zero-order chi connectivity index (χ0) is 12.1. The van der Waals surface area contributed by atoms with Gasteiger partial charge in [-0.15, -0.1) is 0 Å². The molecular weight excluding hydrogens is 188 g/mol. The molecule has 0 aromatic heterocycles. The van der Waals surface area contributed by atoms with Crippen molar-refractivity contribution in [3.63, 3.8) is 0 Å². The van der Waals surface area contributed by atoms with Gasteiger partial charge < -0.3 is 10.6 Å². The minimum Gasteiger partial charge on any atom is -0.350 e. The van der Waals surface area contributed by atoms with E-state index in [1.165, 1.54) is 0 Å². The number of rotatable bonds is 5. The van der Waals surface area contributed by atoms with Gasteiger partial charge in [0.1, 0.15) is 0 Å². The molecule has 2 unspecified atom stereocenters. The molecule has 0 aromatic rings. The predicted molar refractivity (Wildman–Crippen MR) is 64.8 cm³/mol. The van der Waals surface area contributed by atoms with Gasteiger partial charge in [0.25, 0.3) is 0 Å².